The van der Waals surface area contributed by atoms with Gasteiger partial charge in [-0.15, -0.1) is 0 Å². The van der Waals surface area contributed by atoms with E-state index in [9.17, 15) is 9.90 Å². The molecule has 1 aromatic heterocycles. The van der Waals surface area contributed by atoms with E-state index < -0.39 is 5.97 Å². The first-order valence-corrected chi connectivity index (χ1v) is 5.58. The molecule has 0 unspecified atom stereocenters. The van der Waals surface area contributed by atoms with Gasteiger partial charge in [-0.2, -0.15) is 5.10 Å². The summed E-state index contributed by atoms with van der Waals surface area (Å²) < 4.78 is 4.77. The lowest BCUT2D eigenvalue weighted by molar-refractivity contribution is 0.0512. The molecule has 0 fully saturated rings. The Morgan fingerprint density at radius 3 is 3.06 bits per heavy atom. The maximum atomic E-state index is 11.4. The van der Waals surface area contributed by atoms with E-state index in [0.717, 1.165) is 0 Å². The van der Waals surface area contributed by atoms with Crippen LogP contribution in [-0.4, -0.2) is 32.9 Å². The number of halogens is 1. The fourth-order valence-electron chi connectivity index (χ4n) is 1.36. The van der Waals surface area contributed by atoms with Gasteiger partial charge in [0.1, 0.15) is 5.75 Å². The molecule has 0 spiro atoms. The predicted octanol–water partition coefficient (Wildman–Crippen LogP) is 2.01. The summed E-state index contributed by atoms with van der Waals surface area (Å²) in [6.45, 7) is 1.94. The average Bonchev–Trinajstić information content (AvgIpc) is 2.82. The standard InChI is InChI=1S/C11H10ClN3O3/c1-2-18-11(17)10-13-9(14-15-10)7-5-6(12)3-4-8(7)16/h3-5,16H,2H2,1H3,(H,13,14,15). The second-order valence-corrected chi connectivity index (χ2v) is 3.83. The fraction of sp³-hybridized carbons (Fsp3) is 0.182. The van der Waals surface area contributed by atoms with Crippen LogP contribution < -0.4 is 0 Å². The number of hydrogen-bond donors (Lipinski definition) is 2. The van der Waals surface area contributed by atoms with Crippen molar-refractivity contribution in [3.05, 3.63) is 29.0 Å². The molecule has 2 aromatic rings. The van der Waals surface area contributed by atoms with Gasteiger partial charge in [-0.25, -0.2) is 9.78 Å². The molecule has 1 aromatic carbocycles. The maximum absolute atomic E-state index is 11.4. The van der Waals surface area contributed by atoms with Crippen molar-refractivity contribution < 1.29 is 14.6 Å². The summed E-state index contributed by atoms with van der Waals surface area (Å²) in [5, 5.41) is 16.4. The third-order valence-corrected chi connectivity index (χ3v) is 2.39. The highest BCUT2D eigenvalue weighted by molar-refractivity contribution is 6.30. The third-order valence-electron chi connectivity index (χ3n) is 2.15. The summed E-state index contributed by atoms with van der Waals surface area (Å²) in [6.07, 6.45) is 0. The summed E-state index contributed by atoms with van der Waals surface area (Å²) in [7, 11) is 0. The van der Waals surface area contributed by atoms with Crippen LogP contribution in [-0.2, 0) is 4.74 Å². The van der Waals surface area contributed by atoms with Gasteiger partial charge in [0.05, 0.1) is 12.2 Å². The van der Waals surface area contributed by atoms with Crippen molar-refractivity contribution in [3.63, 3.8) is 0 Å². The van der Waals surface area contributed by atoms with Gasteiger partial charge in [0.25, 0.3) is 0 Å². The predicted molar refractivity (Wildman–Crippen MR) is 64.5 cm³/mol. The highest BCUT2D eigenvalue weighted by Crippen LogP contribution is 2.29. The average molecular weight is 268 g/mol. The summed E-state index contributed by atoms with van der Waals surface area (Å²) in [4.78, 5) is 15.3. The van der Waals surface area contributed by atoms with Crippen LogP contribution in [0.2, 0.25) is 5.02 Å². The Morgan fingerprint density at radius 1 is 1.56 bits per heavy atom. The number of esters is 1. The third kappa shape index (κ3) is 2.43. The molecule has 2 N–H and O–H groups in total. The Morgan fingerprint density at radius 2 is 2.33 bits per heavy atom. The summed E-state index contributed by atoms with van der Waals surface area (Å²) >= 11 is 5.82. The monoisotopic (exact) mass is 267 g/mol. The minimum Gasteiger partial charge on any atom is -0.507 e. The minimum atomic E-state index is -0.599. The molecule has 0 saturated carbocycles. The zero-order valence-electron chi connectivity index (χ0n) is 9.48. The van der Waals surface area contributed by atoms with E-state index in [1.165, 1.54) is 12.1 Å². The van der Waals surface area contributed by atoms with Crippen molar-refractivity contribution in [3.8, 4) is 17.1 Å². The number of aromatic amines is 1. The molecule has 0 aliphatic rings. The lowest BCUT2D eigenvalue weighted by atomic mass is 10.2. The molecule has 2 rings (SSSR count). The lowest BCUT2D eigenvalue weighted by Gasteiger charge is -1.99. The number of carbonyl (C=O) groups excluding carboxylic acids is 1. The van der Waals surface area contributed by atoms with Crippen LogP contribution >= 0.6 is 11.6 Å². The van der Waals surface area contributed by atoms with Gasteiger partial charge < -0.3 is 9.84 Å². The first kappa shape index (κ1) is 12.4. The Kier molecular flexibility index (Phi) is 3.47. The summed E-state index contributed by atoms with van der Waals surface area (Å²) in [5.41, 5.74) is 0.342. The molecule has 0 radical (unpaired) electrons. The Balaban J connectivity index is 2.35. The van der Waals surface area contributed by atoms with Gasteiger partial charge in [-0.1, -0.05) is 11.6 Å². The normalized spacial score (nSPS) is 10.3. The molecule has 7 heteroatoms. The van der Waals surface area contributed by atoms with Gasteiger partial charge in [0.2, 0.25) is 5.82 Å². The van der Waals surface area contributed by atoms with Crippen LogP contribution in [0.1, 0.15) is 17.5 Å². The number of ether oxygens (including phenoxy) is 1. The minimum absolute atomic E-state index is 0.0196. The van der Waals surface area contributed by atoms with Gasteiger partial charge in [-0.05, 0) is 25.1 Å². The first-order chi connectivity index (χ1) is 8.61. The van der Waals surface area contributed by atoms with Crippen molar-refractivity contribution in [2.45, 2.75) is 6.92 Å². The van der Waals surface area contributed by atoms with Crippen molar-refractivity contribution in [1.82, 2.24) is 15.2 Å². The van der Waals surface area contributed by atoms with Crippen LogP contribution in [0.15, 0.2) is 18.2 Å². The quantitative estimate of drug-likeness (QED) is 0.831. The Labute approximate surface area is 108 Å². The van der Waals surface area contributed by atoms with Crippen LogP contribution in [0.4, 0.5) is 0 Å². The lowest BCUT2D eigenvalue weighted by Crippen LogP contribution is -2.06. The molecule has 0 aliphatic heterocycles. The number of H-pyrrole nitrogens is 1. The van der Waals surface area contributed by atoms with Crippen LogP contribution in [0.3, 0.4) is 0 Å². The van der Waals surface area contributed by atoms with E-state index in [4.69, 9.17) is 16.3 Å². The Bertz CT molecular complexity index is 583. The number of phenolic OH excluding ortho intramolecular Hbond substituents is 1. The zero-order valence-corrected chi connectivity index (χ0v) is 10.2. The molecule has 0 atom stereocenters. The SMILES string of the molecule is CCOC(=O)c1nc(-c2cc(Cl)ccc2O)n[nH]1. The van der Waals surface area contributed by atoms with Crippen LogP contribution in [0.5, 0.6) is 5.75 Å². The highest BCUT2D eigenvalue weighted by Gasteiger charge is 2.16. The molecular weight excluding hydrogens is 258 g/mol. The van der Waals surface area contributed by atoms with E-state index in [0.29, 0.717) is 10.6 Å². The van der Waals surface area contributed by atoms with Crippen LogP contribution in [0, 0.1) is 0 Å². The largest absolute Gasteiger partial charge is 0.507 e. The number of hydrogen-bond acceptors (Lipinski definition) is 5. The van der Waals surface area contributed by atoms with E-state index >= 15 is 0 Å². The van der Waals surface area contributed by atoms with Gasteiger partial charge in [0.15, 0.2) is 5.82 Å². The Hall–Kier alpha value is -2.08. The van der Waals surface area contributed by atoms with Crippen molar-refractivity contribution in [2.75, 3.05) is 6.61 Å². The molecule has 0 amide bonds. The maximum Gasteiger partial charge on any atom is 0.375 e. The number of nitrogens with zero attached hydrogens (tertiary/aromatic N) is 2. The fourth-order valence-corrected chi connectivity index (χ4v) is 1.53. The van der Waals surface area contributed by atoms with E-state index in [1.807, 2.05) is 0 Å². The molecule has 18 heavy (non-hydrogen) atoms. The molecule has 1 heterocycles. The number of nitrogens with one attached hydrogen (secondary N) is 1. The second kappa shape index (κ2) is 5.05. The van der Waals surface area contributed by atoms with Gasteiger partial charge in [0, 0.05) is 5.02 Å². The first-order valence-electron chi connectivity index (χ1n) is 5.20. The molecular formula is C11H10ClN3O3. The van der Waals surface area contributed by atoms with E-state index in [2.05, 4.69) is 15.2 Å². The topological polar surface area (TPSA) is 88.1 Å². The highest BCUT2D eigenvalue weighted by atomic mass is 35.5. The molecule has 0 bridgehead atoms. The number of carbonyl (C=O) groups is 1. The summed E-state index contributed by atoms with van der Waals surface area (Å²) in [6, 6.07) is 4.48. The number of phenols is 1. The molecule has 6 nitrogen and oxygen atoms in total. The van der Waals surface area contributed by atoms with Gasteiger partial charge in [-0.3, -0.25) is 5.10 Å². The van der Waals surface area contributed by atoms with Gasteiger partial charge >= 0.3 is 5.97 Å². The smallest absolute Gasteiger partial charge is 0.375 e. The second-order valence-electron chi connectivity index (χ2n) is 3.39. The molecule has 0 aliphatic carbocycles. The van der Waals surface area contributed by atoms with Crippen molar-refractivity contribution >= 4 is 17.6 Å². The van der Waals surface area contributed by atoms with Crippen molar-refractivity contribution in [2.24, 2.45) is 0 Å². The number of rotatable bonds is 3. The van der Waals surface area contributed by atoms with E-state index in [-0.39, 0.29) is 24.0 Å². The molecule has 94 valence electrons. The van der Waals surface area contributed by atoms with Crippen LogP contribution in [0.25, 0.3) is 11.4 Å². The van der Waals surface area contributed by atoms with E-state index in [1.54, 1.807) is 13.0 Å². The zero-order chi connectivity index (χ0) is 13.1. The van der Waals surface area contributed by atoms with Crippen molar-refractivity contribution in [1.29, 1.82) is 0 Å². The molecule has 0 saturated heterocycles. The number of aromatic nitrogens is 3. The number of benzene rings is 1. The number of aromatic hydroxyl groups is 1. The summed E-state index contributed by atoms with van der Waals surface area (Å²) in [5.74, 6) is -0.462.